The normalized spacial score (nSPS) is 27.5. The summed E-state index contributed by atoms with van der Waals surface area (Å²) in [6, 6.07) is 3.38. The molecule has 3 aliphatic rings. The molecule has 11 heteroatoms. The van der Waals surface area contributed by atoms with Gasteiger partial charge in [0.05, 0.1) is 31.0 Å². The molecular weight excluding hydrogens is 413 g/mol. The van der Waals surface area contributed by atoms with E-state index in [1.54, 1.807) is 17.9 Å². The molecule has 2 aromatic heterocycles. The van der Waals surface area contributed by atoms with Crippen molar-refractivity contribution in [2.24, 2.45) is 0 Å². The van der Waals surface area contributed by atoms with Crippen LogP contribution in [0.1, 0.15) is 19.8 Å². The van der Waals surface area contributed by atoms with Crippen LogP contribution in [-0.2, 0) is 4.74 Å². The molecule has 0 aromatic carbocycles. The van der Waals surface area contributed by atoms with Crippen LogP contribution in [0.15, 0.2) is 18.3 Å². The largest absolute Gasteiger partial charge is 0.431 e. The molecule has 0 unspecified atom stereocenters. The standard InChI is InChI=1S/C20H23F3N6O2/c1-20(23)2-3-28(10-20)19-26-14(11-4-15(31-18(21)22)17(24)25-7-11)6-16(27-19)29-8-13-5-12(29)9-30-13/h4,6-7,12-13,18H,2-3,5,8-10H2,1H3,(H2,24,25)/t12-,13-,20+/m0/s1. The van der Waals surface area contributed by atoms with E-state index in [0.717, 1.165) is 6.42 Å². The second-order valence-electron chi connectivity index (χ2n) is 8.48. The zero-order valence-corrected chi connectivity index (χ0v) is 17.0. The predicted octanol–water partition coefficient (Wildman–Crippen LogP) is 2.64. The molecule has 166 valence electrons. The number of ether oxygens (including phenoxy) is 2. The lowest BCUT2D eigenvalue weighted by molar-refractivity contribution is -0.0494. The second kappa shape index (κ2) is 7.40. The van der Waals surface area contributed by atoms with Gasteiger partial charge in [0.15, 0.2) is 11.6 Å². The lowest BCUT2D eigenvalue weighted by atomic mass is 10.1. The minimum Gasteiger partial charge on any atom is -0.431 e. The molecule has 3 fully saturated rings. The topological polar surface area (TPSA) is 89.6 Å². The van der Waals surface area contributed by atoms with Crippen LogP contribution < -0.4 is 20.3 Å². The van der Waals surface area contributed by atoms with Gasteiger partial charge in [-0.05, 0) is 19.4 Å². The first-order chi connectivity index (χ1) is 14.8. The Hall–Kier alpha value is -2.82. The van der Waals surface area contributed by atoms with Gasteiger partial charge in [-0.1, -0.05) is 0 Å². The Balaban J connectivity index is 1.55. The summed E-state index contributed by atoms with van der Waals surface area (Å²) in [4.78, 5) is 17.3. The van der Waals surface area contributed by atoms with E-state index in [2.05, 4.69) is 19.6 Å². The Morgan fingerprint density at radius 3 is 2.81 bits per heavy atom. The van der Waals surface area contributed by atoms with E-state index in [0.29, 0.717) is 49.1 Å². The molecule has 0 amide bonds. The van der Waals surface area contributed by atoms with Crippen LogP contribution >= 0.6 is 0 Å². The molecule has 2 aromatic rings. The Kier molecular flexibility index (Phi) is 4.80. The summed E-state index contributed by atoms with van der Waals surface area (Å²) in [5.41, 5.74) is 5.28. The van der Waals surface area contributed by atoms with Crippen molar-refractivity contribution >= 4 is 17.6 Å². The first-order valence-corrected chi connectivity index (χ1v) is 10.2. The van der Waals surface area contributed by atoms with E-state index >= 15 is 0 Å². The Morgan fingerprint density at radius 2 is 2.16 bits per heavy atom. The van der Waals surface area contributed by atoms with E-state index in [1.165, 1.54) is 12.3 Å². The van der Waals surface area contributed by atoms with Crippen molar-refractivity contribution in [1.82, 2.24) is 15.0 Å². The second-order valence-corrected chi connectivity index (χ2v) is 8.48. The molecule has 3 atom stereocenters. The maximum absolute atomic E-state index is 14.5. The minimum atomic E-state index is -3.03. The van der Waals surface area contributed by atoms with Crippen LogP contribution in [0.5, 0.6) is 5.75 Å². The lowest BCUT2D eigenvalue weighted by Gasteiger charge is -2.29. The average Bonchev–Trinajstić information content (AvgIpc) is 3.44. The van der Waals surface area contributed by atoms with Crippen LogP contribution in [-0.4, -0.2) is 65.6 Å². The zero-order valence-electron chi connectivity index (χ0n) is 17.0. The summed E-state index contributed by atoms with van der Waals surface area (Å²) in [6.07, 6.45) is 2.92. The number of hydrogen-bond donors (Lipinski definition) is 1. The highest BCUT2D eigenvalue weighted by atomic mass is 19.3. The molecule has 2 bridgehead atoms. The number of alkyl halides is 3. The number of nitrogen functional groups attached to an aromatic ring is 1. The van der Waals surface area contributed by atoms with Crippen molar-refractivity contribution in [3.63, 3.8) is 0 Å². The van der Waals surface area contributed by atoms with Crippen molar-refractivity contribution in [2.45, 2.75) is 44.2 Å². The molecular formula is C20H23F3N6O2. The number of pyridine rings is 1. The minimum absolute atomic E-state index is 0.139. The van der Waals surface area contributed by atoms with Crippen LogP contribution in [0.2, 0.25) is 0 Å². The molecule has 8 nitrogen and oxygen atoms in total. The van der Waals surface area contributed by atoms with Gasteiger partial charge < -0.3 is 25.0 Å². The van der Waals surface area contributed by atoms with Crippen LogP contribution in [0, 0.1) is 0 Å². The molecule has 31 heavy (non-hydrogen) atoms. The molecule has 0 spiro atoms. The molecule has 3 aliphatic heterocycles. The van der Waals surface area contributed by atoms with Gasteiger partial charge in [-0.2, -0.15) is 13.8 Å². The number of hydrogen-bond acceptors (Lipinski definition) is 8. The van der Waals surface area contributed by atoms with Gasteiger partial charge in [-0.25, -0.2) is 14.4 Å². The lowest BCUT2D eigenvalue weighted by Crippen LogP contribution is -2.38. The molecule has 0 saturated carbocycles. The summed E-state index contributed by atoms with van der Waals surface area (Å²) >= 11 is 0. The number of fused-ring (bicyclic) bond motifs is 2. The first kappa shape index (κ1) is 20.1. The summed E-state index contributed by atoms with van der Waals surface area (Å²) in [7, 11) is 0. The molecule has 3 saturated heterocycles. The molecule has 5 heterocycles. The van der Waals surface area contributed by atoms with Crippen LogP contribution in [0.25, 0.3) is 11.3 Å². The number of morpholine rings is 1. The number of halogens is 3. The summed E-state index contributed by atoms with van der Waals surface area (Å²) < 4.78 is 50.1. The number of aromatic nitrogens is 3. The molecule has 2 N–H and O–H groups in total. The summed E-state index contributed by atoms with van der Waals surface area (Å²) in [5.74, 6) is 0.725. The predicted molar refractivity (Wildman–Crippen MR) is 108 cm³/mol. The number of anilines is 3. The highest BCUT2D eigenvalue weighted by Crippen LogP contribution is 2.36. The van der Waals surface area contributed by atoms with Gasteiger partial charge in [-0.15, -0.1) is 0 Å². The van der Waals surface area contributed by atoms with Crippen molar-refractivity contribution in [2.75, 3.05) is 41.8 Å². The van der Waals surface area contributed by atoms with Crippen molar-refractivity contribution in [1.29, 1.82) is 0 Å². The number of nitrogens with zero attached hydrogens (tertiary/aromatic N) is 5. The van der Waals surface area contributed by atoms with E-state index in [1.807, 2.05) is 0 Å². The first-order valence-electron chi connectivity index (χ1n) is 10.2. The monoisotopic (exact) mass is 436 g/mol. The molecule has 5 rings (SSSR count). The average molecular weight is 436 g/mol. The Labute approximate surface area is 177 Å². The highest BCUT2D eigenvalue weighted by molar-refractivity contribution is 5.68. The maximum atomic E-state index is 14.5. The Bertz CT molecular complexity index is 991. The van der Waals surface area contributed by atoms with Crippen LogP contribution in [0.4, 0.5) is 30.8 Å². The number of rotatable bonds is 5. The third kappa shape index (κ3) is 3.93. The molecule has 0 radical (unpaired) electrons. The van der Waals surface area contributed by atoms with Gasteiger partial charge in [0.25, 0.3) is 0 Å². The fraction of sp³-hybridized carbons (Fsp3) is 0.550. The van der Waals surface area contributed by atoms with E-state index in [-0.39, 0.29) is 30.3 Å². The van der Waals surface area contributed by atoms with Crippen molar-refractivity contribution in [3.05, 3.63) is 18.3 Å². The fourth-order valence-corrected chi connectivity index (χ4v) is 4.42. The third-order valence-corrected chi connectivity index (χ3v) is 6.00. The number of nitrogens with two attached hydrogens (primary N) is 1. The quantitative estimate of drug-likeness (QED) is 0.765. The van der Waals surface area contributed by atoms with E-state index < -0.39 is 12.3 Å². The van der Waals surface area contributed by atoms with Gasteiger partial charge in [0, 0.05) is 37.3 Å². The van der Waals surface area contributed by atoms with Gasteiger partial charge in [0.2, 0.25) is 5.95 Å². The third-order valence-electron chi connectivity index (χ3n) is 6.00. The summed E-state index contributed by atoms with van der Waals surface area (Å²) in [6.45, 7) is 0.549. The Morgan fingerprint density at radius 1 is 1.32 bits per heavy atom. The van der Waals surface area contributed by atoms with Crippen molar-refractivity contribution in [3.8, 4) is 17.0 Å². The van der Waals surface area contributed by atoms with E-state index in [9.17, 15) is 13.2 Å². The summed E-state index contributed by atoms with van der Waals surface area (Å²) in [5, 5.41) is 0. The zero-order chi connectivity index (χ0) is 21.8. The van der Waals surface area contributed by atoms with E-state index in [4.69, 9.17) is 15.5 Å². The van der Waals surface area contributed by atoms with Gasteiger partial charge in [0.1, 0.15) is 11.5 Å². The molecule has 0 aliphatic carbocycles. The fourth-order valence-electron chi connectivity index (χ4n) is 4.42. The van der Waals surface area contributed by atoms with Gasteiger partial charge >= 0.3 is 6.61 Å². The highest BCUT2D eigenvalue weighted by Gasteiger charge is 2.40. The smallest absolute Gasteiger partial charge is 0.387 e. The van der Waals surface area contributed by atoms with Gasteiger partial charge in [-0.3, -0.25) is 0 Å². The van der Waals surface area contributed by atoms with Crippen molar-refractivity contribution < 1.29 is 22.6 Å². The SMILES string of the molecule is C[C@@]1(F)CCN(c2nc(-c3cnc(N)c(OC(F)F)c3)cc(N3C[C@@H]4C[C@H]3CO4)n2)C1. The maximum Gasteiger partial charge on any atom is 0.387 e. The van der Waals surface area contributed by atoms with Crippen LogP contribution in [0.3, 0.4) is 0 Å².